The van der Waals surface area contributed by atoms with Crippen LogP contribution in [-0.2, 0) is 0 Å². The largest absolute Gasteiger partial charge is 0.354 e. The highest BCUT2D eigenvalue weighted by atomic mass is 35.5. The van der Waals surface area contributed by atoms with Crippen LogP contribution in [0, 0.1) is 5.92 Å². The summed E-state index contributed by atoms with van der Waals surface area (Å²) in [5, 5.41) is 5.58. The fraction of sp³-hybridized carbons (Fsp3) is 0.714. The third kappa shape index (κ3) is 2.76. The van der Waals surface area contributed by atoms with Gasteiger partial charge in [0.25, 0.3) is 0 Å². The van der Waals surface area contributed by atoms with Gasteiger partial charge in [0.1, 0.15) is 10.2 Å². The lowest BCUT2D eigenvalue weighted by atomic mass is 9.91. The standard InChI is InChI=1S/C14H21ClN4S/c1-8(2)6-16-14-17-12(15)11-9-4-5-19(3)7-10(9)20-13(11)18-14/h8-10H,4-7H2,1-3H3,(H,16,17,18). The molecule has 0 radical (unpaired) electrons. The molecule has 1 fully saturated rings. The Bertz CT molecular complexity index is 508. The van der Waals surface area contributed by atoms with Gasteiger partial charge in [0, 0.05) is 29.8 Å². The Hall–Kier alpha value is -0.520. The van der Waals surface area contributed by atoms with Crippen molar-refractivity contribution in [3.05, 3.63) is 10.7 Å². The van der Waals surface area contributed by atoms with E-state index in [1.807, 2.05) is 11.8 Å². The van der Waals surface area contributed by atoms with E-state index in [4.69, 9.17) is 11.6 Å². The third-order valence-corrected chi connectivity index (χ3v) is 5.53. The van der Waals surface area contributed by atoms with Crippen molar-refractivity contribution < 1.29 is 0 Å². The maximum Gasteiger partial charge on any atom is 0.225 e. The van der Waals surface area contributed by atoms with E-state index >= 15 is 0 Å². The molecule has 2 aliphatic heterocycles. The molecule has 0 spiro atoms. The van der Waals surface area contributed by atoms with Gasteiger partial charge < -0.3 is 10.2 Å². The van der Waals surface area contributed by atoms with E-state index in [0.29, 0.717) is 28.2 Å². The maximum atomic E-state index is 6.43. The summed E-state index contributed by atoms with van der Waals surface area (Å²) < 4.78 is 0. The van der Waals surface area contributed by atoms with E-state index in [2.05, 4.69) is 41.1 Å². The number of hydrogen-bond acceptors (Lipinski definition) is 5. The van der Waals surface area contributed by atoms with Crippen LogP contribution in [0.5, 0.6) is 0 Å². The molecule has 110 valence electrons. The number of anilines is 1. The molecule has 1 N–H and O–H groups in total. The molecule has 2 atom stereocenters. The van der Waals surface area contributed by atoms with Gasteiger partial charge in [-0.25, -0.2) is 9.97 Å². The summed E-state index contributed by atoms with van der Waals surface area (Å²) in [5.41, 5.74) is 1.19. The molecule has 1 aromatic heterocycles. The quantitative estimate of drug-likeness (QED) is 0.869. The monoisotopic (exact) mass is 312 g/mol. The van der Waals surface area contributed by atoms with Gasteiger partial charge in [-0.3, -0.25) is 0 Å². The fourth-order valence-corrected chi connectivity index (χ4v) is 4.79. The van der Waals surface area contributed by atoms with Crippen molar-refractivity contribution >= 4 is 29.3 Å². The molecule has 0 amide bonds. The molecular weight excluding hydrogens is 292 g/mol. The molecule has 0 aromatic carbocycles. The summed E-state index contributed by atoms with van der Waals surface area (Å²) in [6.45, 7) is 7.44. The number of piperidine rings is 1. The van der Waals surface area contributed by atoms with E-state index in [9.17, 15) is 0 Å². The van der Waals surface area contributed by atoms with E-state index < -0.39 is 0 Å². The highest BCUT2D eigenvalue weighted by Crippen LogP contribution is 2.50. The van der Waals surface area contributed by atoms with Crippen LogP contribution in [0.1, 0.15) is 31.7 Å². The molecule has 2 aliphatic rings. The Balaban J connectivity index is 1.84. The third-order valence-electron chi connectivity index (χ3n) is 3.93. The number of thioether (sulfide) groups is 1. The summed E-state index contributed by atoms with van der Waals surface area (Å²) in [5.74, 6) is 1.76. The average molecular weight is 313 g/mol. The van der Waals surface area contributed by atoms with Gasteiger partial charge in [0.15, 0.2) is 0 Å². The average Bonchev–Trinajstić information content (AvgIpc) is 2.73. The van der Waals surface area contributed by atoms with Crippen LogP contribution < -0.4 is 5.32 Å². The Morgan fingerprint density at radius 1 is 1.45 bits per heavy atom. The summed E-state index contributed by atoms with van der Waals surface area (Å²) in [7, 11) is 2.18. The minimum absolute atomic E-state index is 0.526. The van der Waals surface area contributed by atoms with Gasteiger partial charge in [0.05, 0.1) is 0 Å². The van der Waals surface area contributed by atoms with Crippen LogP contribution in [0.3, 0.4) is 0 Å². The number of halogens is 1. The zero-order valence-corrected chi connectivity index (χ0v) is 13.8. The highest BCUT2D eigenvalue weighted by Gasteiger charge is 2.40. The highest BCUT2D eigenvalue weighted by molar-refractivity contribution is 8.00. The van der Waals surface area contributed by atoms with Gasteiger partial charge in [-0.2, -0.15) is 0 Å². The zero-order chi connectivity index (χ0) is 14.3. The number of nitrogens with one attached hydrogen (secondary N) is 1. The summed E-state index contributed by atoms with van der Waals surface area (Å²) in [6, 6.07) is 0. The molecule has 4 nitrogen and oxygen atoms in total. The van der Waals surface area contributed by atoms with Crippen LogP contribution in [0.15, 0.2) is 5.03 Å². The van der Waals surface area contributed by atoms with Crippen molar-refractivity contribution in [1.29, 1.82) is 0 Å². The number of rotatable bonds is 3. The first-order valence-electron chi connectivity index (χ1n) is 7.21. The van der Waals surface area contributed by atoms with Crippen molar-refractivity contribution in [2.75, 3.05) is 32.0 Å². The minimum Gasteiger partial charge on any atom is -0.354 e. The van der Waals surface area contributed by atoms with E-state index in [1.165, 1.54) is 5.56 Å². The second-order valence-electron chi connectivity index (χ2n) is 6.15. The minimum atomic E-state index is 0.526. The van der Waals surface area contributed by atoms with Crippen LogP contribution in [0.4, 0.5) is 5.95 Å². The normalized spacial score (nSPS) is 25.6. The van der Waals surface area contributed by atoms with Crippen molar-refractivity contribution in [2.45, 2.75) is 36.5 Å². The van der Waals surface area contributed by atoms with Crippen molar-refractivity contribution in [1.82, 2.24) is 14.9 Å². The molecule has 3 heterocycles. The van der Waals surface area contributed by atoms with Gasteiger partial charge in [-0.15, -0.1) is 11.8 Å². The number of likely N-dealkylation sites (tertiary alicyclic amines) is 1. The number of nitrogens with zero attached hydrogens (tertiary/aromatic N) is 3. The van der Waals surface area contributed by atoms with Crippen LogP contribution in [-0.4, -0.2) is 46.8 Å². The van der Waals surface area contributed by atoms with Crippen LogP contribution >= 0.6 is 23.4 Å². The summed E-state index contributed by atoms with van der Waals surface area (Å²) >= 11 is 8.30. The first-order valence-corrected chi connectivity index (χ1v) is 8.47. The predicted molar refractivity (Wildman–Crippen MR) is 84.9 cm³/mol. The topological polar surface area (TPSA) is 41.1 Å². The van der Waals surface area contributed by atoms with Crippen molar-refractivity contribution in [3.63, 3.8) is 0 Å². The lowest BCUT2D eigenvalue weighted by Crippen LogP contribution is -2.36. The second kappa shape index (κ2) is 5.70. The summed E-state index contributed by atoms with van der Waals surface area (Å²) in [6.07, 6.45) is 1.16. The molecule has 6 heteroatoms. The number of hydrogen-bond donors (Lipinski definition) is 1. The smallest absolute Gasteiger partial charge is 0.225 e. The molecule has 1 aromatic rings. The Morgan fingerprint density at radius 2 is 2.25 bits per heavy atom. The zero-order valence-electron chi connectivity index (χ0n) is 12.2. The first kappa shape index (κ1) is 14.4. The number of fused-ring (bicyclic) bond motifs is 3. The lowest BCUT2D eigenvalue weighted by Gasteiger charge is -2.31. The van der Waals surface area contributed by atoms with Crippen molar-refractivity contribution in [2.24, 2.45) is 5.92 Å². The molecule has 0 bridgehead atoms. The van der Waals surface area contributed by atoms with Gasteiger partial charge in [-0.05, 0) is 25.9 Å². The fourth-order valence-electron chi connectivity index (χ4n) is 2.86. The van der Waals surface area contributed by atoms with Gasteiger partial charge >= 0.3 is 0 Å². The van der Waals surface area contributed by atoms with Crippen LogP contribution in [0.2, 0.25) is 5.15 Å². The van der Waals surface area contributed by atoms with E-state index in [-0.39, 0.29) is 0 Å². The Kier molecular flexibility index (Phi) is 4.11. The molecule has 20 heavy (non-hydrogen) atoms. The predicted octanol–water partition coefficient (Wildman–Crippen LogP) is 3.09. The molecular formula is C14H21ClN4S. The lowest BCUT2D eigenvalue weighted by molar-refractivity contribution is 0.264. The number of aromatic nitrogens is 2. The molecule has 1 saturated heterocycles. The maximum absolute atomic E-state index is 6.43. The van der Waals surface area contributed by atoms with Gasteiger partial charge in [-0.1, -0.05) is 25.4 Å². The Labute approximate surface area is 129 Å². The molecule has 2 unspecified atom stereocenters. The Morgan fingerprint density at radius 3 is 3.00 bits per heavy atom. The first-order chi connectivity index (χ1) is 9.54. The molecule has 0 saturated carbocycles. The molecule has 0 aliphatic carbocycles. The van der Waals surface area contributed by atoms with E-state index in [0.717, 1.165) is 31.1 Å². The van der Waals surface area contributed by atoms with Gasteiger partial charge in [0.2, 0.25) is 5.95 Å². The molecule has 3 rings (SSSR count). The SMILES string of the molecule is CC(C)CNc1nc(Cl)c2c(n1)SC1CN(C)CCC21. The second-order valence-corrected chi connectivity index (χ2v) is 7.73. The van der Waals surface area contributed by atoms with Crippen LogP contribution in [0.25, 0.3) is 0 Å². The van der Waals surface area contributed by atoms with E-state index in [1.54, 1.807) is 0 Å². The van der Waals surface area contributed by atoms with Crippen molar-refractivity contribution in [3.8, 4) is 0 Å². The summed E-state index contributed by atoms with van der Waals surface area (Å²) in [4.78, 5) is 11.5.